The van der Waals surface area contributed by atoms with Crippen molar-refractivity contribution in [2.24, 2.45) is 5.73 Å². The minimum absolute atomic E-state index is 0.0769. The molecule has 7 heteroatoms. The van der Waals surface area contributed by atoms with Crippen LogP contribution in [0.15, 0.2) is 42.5 Å². The van der Waals surface area contributed by atoms with Gasteiger partial charge in [-0.25, -0.2) is 0 Å². The van der Waals surface area contributed by atoms with Gasteiger partial charge in [-0.2, -0.15) is 0 Å². The van der Waals surface area contributed by atoms with E-state index in [0.717, 1.165) is 17.5 Å². The second kappa shape index (κ2) is 9.86. The summed E-state index contributed by atoms with van der Waals surface area (Å²) in [6.45, 7) is 0.854. The van der Waals surface area contributed by atoms with Crippen molar-refractivity contribution >= 4 is 5.69 Å². The maximum atomic E-state index is 11.2. The number of nitro groups is 1. The maximum Gasteiger partial charge on any atom is 0.277 e. The van der Waals surface area contributed by atoms with Crippen molar-refractivity contribution in [1.82, 2.24) is 0 Å². The molecule has 2 aromatic carbocycles. The molecule has 0 aliphatic carbocycles. The van der Waals surface area contributed by atoms with E-state index >= 15 is 0 Å². The van der Waals surface area contributed by atoms with Crippen LogP contribution < -0.4 is 10.5 Å². The predicted molar refractivity (Wildman–Crippen MR) is 97.7 cm³/mol. The summed E-state index contributed by atoms with van der Waals surface area (Å²) in [4.78, 5) is 10.7. The van der Waals surface area contributed by atoms with Crippen LogP contribution in [0.3, 0.4) is 0 Å². The third-order valence-corrected chi connectivity index (χ3v) is 3.95. The van der Waals surface area contributed by atoms with Gasteiger partial charge < -0.3 is 19.9 Å². The van der Waals surface area contributed by atoms with Gasteiger partial charge in [0.2, 0.25) is 0 Å². The van der Waals surface area contributed by atoms with E-state index in [-0.39, 0.29) is 5.69 Å². The number of rotatable bonds is 10. The van der Waals surface area contributed by atoms with E-state index in [9.17, 15) is 10.1 Å². The van der Waals surface area contributed by atoms with Crippen molar-refractivity contribution in [2.75, 3.05) is 20.8 Å². The largest absolute Gasteiger partial charge is 0.493 e. The molecule has 0 aromatic heterocycles. The topological polar surface area (TPSA) is 96.8 Å². The molecule has 0 spiro atoms. The van der Waals surface area contributed by atoms with Crippen molar-refractivity contribution in [3.8, 4) is 5.75 Å². The van der Waals surface area contributed by atoms with Crippen LogP contribution in [0.4, 0.5) is 5.69 Å². The first-order chi connectivity index (χ1) is 12.6. The first kappa shape index (κ1) is 19.8. The zero-order valence-corrected chi connectivity index (χ0v) is 14.9. The minimum atomic E-state index is -0.834. The Kier molecular flexibility index (Phi) is 7.53. The number of nitrogens with zero attached hydrogens (tertiary/aromatic N) is 1. The number of nitro benzene ring substituents is 1. The summed E-state index contributed by atoms with van der Waals surface area (Å²) in [5.41, 5.74) is 8.22. The summed E-state index contributed by atoms with van der Waals surface area (Å²) in [5, 5.41) is 11.2. The highest BCUT2D eigenvalue weighted by atomic mass is 16.7. The fraction of sp³-hybridized carbons (Fsp3) is 0.316. The number of hydrogen-bond donors (Lipinski definition) is 1. The molecular weight excluding hydrogens is 336 g/mol. The maximum absolute atomic E-state index is 11.2. The van der Waals surface area contributed by atoms with E-state index < -0.39 is 11.2 Å². The summed E-state index contributed by atoms with van der Waals surface area (Å²) >= 11 is 0. The molecule has 139 valence electrons. The highest BCUT2D eigenvalue weighted by Gasteiger charge is 2.22. The van der Waals surface area contributed by atoms with E-state index in [1.54, 1.807) is 12.1 Å². The van der Waals surface area contributed by atoms with Gasteiger partial charge in [-0.3, -0.25) is 10.1 Å². The summed E-state index contributed by atoms with van der Waals surface area (Å²) in [6.07, 6.45) is 1.88. The molecule has 2 rings (SSSR count). The zero-order chi connectivity index (χ0) is 18.9. The van der Waals surface area contributed by atoms with Crippen LogP contribution in [0.2, 0.25) is 0 Å². The van der Waals surface area contributed by atoms with E-state index in [2.05, 4.69) is 0 Å². The van der Waals surface area contributed by atoms with Gasteiger partial charge in [-0.05, 0) is 29.7 Å². The van der Waals surface area contributed by atoms with Gasteiger partial charge in [0.25, 0.3) is 5.69 Å². The molecule has 1 radical (unpaired) electrons. The number of benzene rings is 2. The van der Waals surface area contributed by atoms with Crippen LogP contribution in [-0.2, 0) is 22.4 Å². The number of nitrogens with two attached hydrogens (primary N) is 1. The smallest absolute Gasteiger partial charge is 0.277 e. The van der Waals surface area contributed by atoms with Gasteiger partial charge in [0.1, 0.15) is 5.75 Å². The molecule has 0 unspecified atom stereocenters. The third kappa shape index (κ3) is 5.01. The second-order valence-electron chi connectivity index (χ2n) is 5.56. The Hall–Kier alpha value is -2.48. The molecule has 0 amide bonds. The summed E-state index contributed by atoms with van der Waals surface area (Å²) < 4.78 is 16.0. The van der Waals surface area contributed by atoms with E-state index in [4.69, 9.17) is 19.9 Å². The van der Waals surface area contributed by atoms with Crippen molar-refractivity contribution in [2.45, 2.75) is 19.3 Å². The minimum Gasteiger partial charge on any atom is -0.493 e. The molecule has 26 heavy (non-hydrogen) atoms. The molecule has 0 bridgehead atoms. The van der Waals surface area contributed by atoms with E-state index in [1.165, 1.54) is 20.3 Å². The van der Waals surface area contributed by atoms with Crippen LogP contribution in [0.1, 0.15) is 23.0 Å². The fourth-order valence-electron chi connectivity index (χ4n) is 2.65. The molecule has 2 N–H and O–H groups in total. The lowest BCUT2D eigenvalue weighted by atomic mass is 10.0. The normalized spacial score (nSPS) is 10.9. The fourth-order valence-corrected chi connectivity index (χ4v) is 2.65. The number of methoxy groups -OCH3 is 2. The highest BCUT2D eigenvalue weighted by molar-refractivity contribution is 5.46. The van der Waals surface area contributed by atoms with Crippen LogP contribution in [0, 0.1) is 16.5 Å². The van der Waals surface area contributed by atoms with Gasteiger partial charge in [-0.15, -0.1) is 0 Å². The van der Waals surface area contributed by atoms with E-state index in [1.807, 2.05) is 30.7 Å². The van der Waals surface area contributed by atoms with Crippen molar-refractivity contribution in [3.05, 3.63) is 75.7 Å². The number of hydrogen-bond acceptors (Lipinski definition) is 6. The molecule has 0 aliphatic heterocycles. The molecule has 0 atom stereocenters. The first-order valence-corrected chi connectivity index (χ1v) is 8.16. The van der Waals surface area contributed by atoms with Gasteiger partial charge in [0, 0.05) is 33.3 Å². The van der Waals surface area contributed by atoms with E-state index in [0.29, 0.717) is 24.5 Å². The van der Waals surface area contributed by atoms with Crippen molar-refractivity contribution in [3.63, 3.8) is 0 Å². The molecule has 7 nitrogen and oxygen atoms in total. The van der Waals surface area contributed by atoms with Gasteiger partial charge in [0.05, 0.1) is 17.1 Å². The SMILES string of the molecule is COC(OC)c1cc(OC[CH]Cc2ccccc2CN)ccc1[N+](=O)[O-]. The van der Waals surface area contributed by atoms with Crippen LogP contribution in [0.5, 0.6) is 5.75 Å². The summed E-state index contributed by atoms with van der Waals surface area (Å²) in [5.74, 6) is 0.507. The predicted octanol–water partition coefficient (Wildman–Crippen LogP) is 3.17. The van der Waals surface area contributed by atoms with Gasteiger partial charge in [0.15, 0.2) is 6.29 Å². The summed E-state index contributed by atoms with van der Waals surface area (Å²) in [6, 6.07) is 12.5. The zero-order valence-electron chi connectivity index (χ0n) is 14.9. The van der Waals surface area contributed by atoms with Crippen LogP contribution >= 0.6 is 0 Å². The molecular formula is C19H23N2O5. The van der Waals surface area contributed by atoms with Crippen LogP contribution in [0.25, 0.3) is 0 Å². The molecule has 0 aliphatic rings. The average molecular weight is 359 g/mol. The standard InChI is InChI=1S/C19H23N2O5/c1-24-19(25-2)17-12-16(9-10-18(17)21(22)23)26-11-5-8-14-6-3-4-7-15(14)13-20/h3-7,9-10,12,19H,8,11,13,20H2,1-2H3. The second-order valence-corrected chi connectivity index (χ2v) is 5.56. The Labute approximate surface area is 152 Å². The number of ether oxygens (including phenoxy) is 3. The van der Waals surface area contributed by atoms with Gasteiger partial charge >= 0.3 is 0 Å². The van der Waals surface area contributed by atoms with Crippen LogP contribution in [-0.4, -0.2) is 25.7 Å². The van der Waals surface area contributed by atoms with Crippen molar-refractivity contribution < 1.29 is 19.1 Å². The Morgan fingerprint density at radius 1 is 1.15 bits per heavy atom. The molecule has 2 aromatic rings. The lowest BCUT2D eigenvalue weighted by Gasteiger charge is -2.15. The molecule has 0 fully saturated rings. The third-order valence-electron chi connectivity index (χ3n) is 3.95. The first-order valence-electron chi connectivity index (χ1n) is 8.16. The lowest BCUT2D eigenvalue weighted by molar-refractivity contribution is -0.387. The molecule has 0 heterocycles. The summed E-state index contributed by atoms with van der Waals surface area (Å²) in [7, 11) is 2.85. The van der Waals surface area contributed by atoms with Gasteiger partial charge in [-0.1, -0.05) is 24.3 Å². The Balaban J connectivity index is 2.01. The lowest BCUT2D eigenvalue weighted by Crippen LogP contribution is -2.08. The average Bonchev–Trinajstić information content (AvgIpc) is 2.66. The quantitative estimate of drug-likeness (QED) is 0.303. The Morgan fingerprint density at radius 3 is 2.46 bits per heavy atom. The highest BCUT2D eigenvalue weighted by Crippen LogP contribution is 2.31. The Morgan fingerprint density at radius 2 is 1.85 bits per heavy atom. The van der Waals surface area contributed by atoms with Crippen molar-refractivity contribution in [1.29, 1.82) is 0 Å². The monoisotopic (exact) mass is 359 g/mol. The molecule has 0 saturated heterocycles. The Bertz CT molecular complexity index is 732. The molecule has 0 saturated carbocycles.